The van der Waals surface area contributed by atoms with Gasteiger partial charge in [0, 0.05) is 0 Å². The molecule has 0 aliphatic carbocycles. The highest BCUT2D eigenvalue weighted by Gasteiger charge is 2.24. The van der Waals surface area contributed by atoms with Crippen LogP contribution in [0.25, 0.3) is 0 Å². The molecule has 0 aromatic heterocycles. The fraction of sp³-hybridized carbons (Fsp3) is 0.500. The summed E-state index contributed by atoms with van der Waals surface area (Å²) in [6.45, 7) is 3.96. The largest absolute Gasteiger partial charge is 0.376 e. The Hall–Kier alpha value is -0.570. The van der Waals surface area contributed by atoms with Crippen LogP contribution in [0, 0.1) is 6.92 Å². The Bertz CT molecular complexity index is 304. The number of hydrogen-bond acceptors (Lipinski definition) is 2. The number of alkyl halides is 1. The maximum atomic E-state index is 6.33. The molecule has 0 amide bonds. The van der Waals surface area contributed by atoms with Crippen LogP contribution in [0.5, 0.6) is 0 Å². The summed E-state index contributed by atoms with van der Waals surface area (Å²) in [6.07, 6.45) is -0.0249. The van der Waals surface area contributed by atoms with Gasteiger partial charge in [0.1, 0.15) is 6.10 Å². The van der Waals surface area contributed by atoms with E-state index in [1.165, 1.54) is 5.56 Å². The van der Waals surface area contributed by atoms with Gasteiger partial charge in [-0.2, -0.15) is 0 Å². The molecule has 1 heterocycles. The quantitative estimate of drug-likeness (QED) is 0.722. The van der Waals surface area contributed by atoms with Crippen molar-refractivity contribution >= 4 is 11.6 Å². The molecule has 0 radical (unpaired) electrons. The van der Waals surface area contributed by atoms with Gasteiger partial charge in [-0.1, -0.05) is 29.8 Å². The molecule has 3 heteroatoms. The molecule has 0 bridgehead atoms. The first-order valence-electron chi connectivity index (χ1n) is 5.17. The second-order valence-electron chi connectivity index (χ2n) is 3.80. The van der Waals surface area contributed by atoms with Crippen molar-refractivity contribution in [1.82, 2.24) is 0 Å². The van der Waals surface area contributed by atoms with Gasteiger partial charge in [0.2, 0.25) is 0 Å². The first-order chi connectivity index (χ1) is 7.27. The standard InChI is InChI=1S/C12H15ClO2/c1-9-2-4-10(5-3-9)12(13)11-8-14-6-7-15-11/h2-5,11-12H,6-8H2,1H3. The summed E-state index contributed by atoms with van der Waals surface area (Å²) in [5, 5.41) is -0.120. The first-order valence-corrected chi connectivity index (χ1v) is 5.61. The molecule has 1 aromatic carbocycles. The molecule has 1 aromatic rings. The predicted octanol–water partition coefficient (Wildman–Crippen LogP) is 2.69. The van der Waals surface area contributed by atoms with E-state index in [0.717, 1.165) is 5.56 Å². The molecule has 2 unspecified atom stereocenters. The zero-order chi connectivity index (χ0) is 10.7. The van der Waals surface area contributed by atoms with Gasteiger partial charge < -0.3 is 9.47 Å². The van der Waals surface area contributed by atoms with Crippen molar-refractivity contribution in [3.63, 3.8) is 0 Å². The van der Waals surface area contributed by atoms with Crippen LogP contribution in [0.1, 0.15) is 16.5 Å². The molecule has 0 N–H and O–H groups in total. The highest BCUT2D eigenvalue weighted by atomic mass is 35.5. The third-order valence-electron chi connectivity index (χ3n) is 2.56. The SMILES string of the molecule is Cc1ccc(C(Cl)C2COCCO2)cc1. The van der Waals surface area contributed by atoms with Gasteiger partial charge in [-0.05, 0) is 12.5 Å². The Morgan fingerprint density at radius 2 is 2.00 bits per heavy atom. The van der Waals surface area contributed by atoms with E-state index >= 15 is 0 Å². The van der Waals surface area contributed by atoms with E-state index in [4.69, 9.17) is 21.1 Å². The second kappa shape index (κ2) is 4.97. The van der Waals surface area contributed by atoms with E-state index < -0.39 is 0 Å². The lowest BCUT2D eigenvalue weighted by Gasteiger charge is -2.27. The number of aryl methyl sites for hydroxylation is 1. The summed E-state index contributed by atoms with van der Waals surface area (Å²) >= 11 is 6.33. The molecule has 82 valence electrons. The average Bonchev–Trinajstić information content (AvgIpc) is 2.30. The lowest BCUT2D eigenvalue weighted by molar-refractivity contribution is -0.0892. The lowest BCUT2D eigenvalue weighted by Crippen LogP contribution is -2.31. The number of hydrogen-bond donors (Lipinski definition) is 0. The van der Waals surface area contributed by atoms with Crippen molar-refractivity contribution in [3.05, 3.63) is 35.4 Å². The third kappa shape index (κ3) is 2.71. The molecular formula is C12H15ClO2. The Kier molecular flexibility index (Phi) is 3.62. The molecule has 1 fully saturated rings. The summed E-state index contributed by atoms with van der Waals surface area (Å²) in [5.41, 5.74) is 2.33. The van der Waals surface area contributed by atoms with Crippen LogP contribution in [0.15, 0.2) is 24.3 Å². The Labute approximate surface area is 95.1 Å². The number of halogens is 1. The van der Waals surface area contributed by atoms with Crippen LogP contribution in [0.4, 0.5) is 0 Å². The van der Waals surface area contributed by atoms with E-state index in [1.807, 2.05) is 12.1 Å². The molecule has 0 spiro atoms. The molecule has 0 saturated carbocycles. The molecule has 2 atom stereocenters. The van der Waals surface area contributed by atoms with Crippen molar-refractivity contribution in [2.45, 2.75) is 18.4 Å². The number of ether oxygens (including phenoxy) is 2. The predicted molar refractivity (Wildman–Crippen MR) is 60.3 cm³/mol. The molecule has 2 rings (SSSR count). The lowest BCUT2D eigenvalue weighted by atomic mass is 10.1. The Balaban J connectivity index is 2.05. The fourth-order valence-electron chi connectivity index (χ4n) is 1.64. The molecular weight excluding hydrogens is 212 g/mol. The molecule has 1 aliphatic heterocycles. The minimum atomic E-state index is -0.120. The van der Waals surface area contributed by atoms with Crippen LogP contribution < -0.4 is 0 Å². The summed E-state index contributed by atoms with van der Waals surface area (Å²) in [4.78, 5) is 0. The van der Waals surface area contributed by atoms with Crippen LogP contribution in [0.2, 0.25) is 0 Å². The van der Waals surface area contributed by atoms with E-state index in [2.05, 4.69) is 19.1 Å². The summed E-state index contributed by atoms with van der Waals surface area (Å²) in [6, 6.07) is 8.22. The number of benzene rings is 1. The van der Waals surface area contributed by atoms with Gasteiger partial charge in [0.15, 0.2) is 0 Å². The van der Waals surface area contributed by atoms with E-state index in [1.54, 1.807) is 0 Å². The topological polar surface area (TPSA) is 18.5 Å². The Morgan fingerprint density at radius 3 is 2.60 bits per heavy atom. The molecule has 1 saturated heterocycles. The first kappa shape index (κ1) is 10.9. The van der Waals surface area contributed by atoms with Gasteiger partial charge in [-0.3, -0.25) is 0 Å². The summed E-state index contributed by atoms with van der Waals surface area (Å²) in [7, 11) is 0. The maximum absolute atomic E-state index is 6.33. The molecule has 2 nitrogen and oxygen atoms in total. The Morgan fingerprint density at radius 1 is 1.27 bits per heavy atom. The normalized spacial score (nSPS) is 23.7. The van der Waals surface area contributed by atoms with Crippen LogP contribution in [-0.2, 0) is 9.47 Å². The van der Waals surface area contributed by atoms with Crippen LogP contribution in [-0.4, -0.2) is 25.9 Å². The van der Waals surface area contributed by atoms with Gasteiger partial charge in [-0.25, -0.2) is 0 Å². The van der Waals surface area contributed by atoms with Crippen LogP contribution in [0.3, 0.4) is 0 Å². The smallest absolute Gasteiger partial charge is 0.101 e. The zero-order valence-electron chi connectivity index (χ0n) is 8.78. The van der Waals surface area contributed by atoms with Crippen molar-refractivity contribution in [1.29, 1.82) is 0 Å². The second-order valence-corrected chi connectivity index (χ2v) is 4.27. The van der Waals surface area contributed by atoms with Crippen molar-refractivity contribution in [2.24, 2.45) is 0 Å². The van der Waals surface area contributed by atoms with Gasteiger partial charge in [0.05, 0.1) is 25.2 Å². The minimum Gasteiger partial charge on any atom is -0.376 e. The van der Waals surface area contributed by atoms with E-state index in [-0.39, 0.29) is 11.5 Å². The van der Waals surface area contributed by atoms with Crippen LogP contribution >= 0.6 is 11.6 Å². The van der Waals surface area contributed by atoms with Gasteiger partial charge in [0.25, 0.3) is 0 Å². The van der Waals surface area contributed by atoms with Crippen molar-refractivity contribution in [2.75, 3.05) is 19.8 Å². The highest BCUT2D eigenvalue weighted by Crippen LogP contribution is 2.28. The summed E-state index contributed by atoms with van der Waals surface area (Å²) in [5.74, 6) is 0. The maximum Gasteiger partial charge on any atom is 0.101 e. The fourth-order valence-corrected chi connectivity index (χ4v) is 1.93. The number of rotatable bonds is 2. The highest BCUT2D eigenvalue weighted by molar-refractivity contribution is 6.21. The monoisotopic (exact) mass is 226 g/mol. The van der Waals surface area contributed by atoms with Crippen molar-refractivity contribution < 1.29 is 9.47 Å². The zero-order valence-corrected chi connectivity index (χ0v) is 9.54. The average molecular weight is 227 g/mol. The van der Waals surface area contributed by atoms with Crippen molar-refractivity contribution in [3.8, 4) is 0 Å². The molecule has 15 heavy (non-hydrogen) atoms. The van der Waals surface area contributed by atoms with Gasteiger partial charge >= 0.3 is 0 Å². The third-order valence-corrected chi connectivity index (χ3v) is 3.10. The van der Waals surface area contributed by atoms with Gasteiger partial charge in [-0.15, -0.1) is 11.6 Å². The van der Waals surface area contributed by atoms with E-state index in [0.29, 0.717) is 19.8 Å². The summed E-state index contributed by atoms with van der Waals surface area (Å²) < 4.78 is 10.9. The minimum absolute atomic E-state index is 0.0249. The molecule has 1 aliphatic rings. The van der Waals surface area contributed by atoms with E-state index in [9.17, 15) is 0 Å².